The van der Waals surface area contributed by atoms with Crippen molar-refractivity contribution in [3.63, 3.8) is 0 Å². The maximum absolute atomic E-state index is 5.95. The molecular formula is C13H21BN2O3. The predicted molar refractivity (Wildman–Crippen MR) is 73.7 cm³/mol. The van der Waals surface area contributed by atoms with Gasteiger partial charge in [-0.3, -0.25) is 0 Å². The van der Waals surface area contributed by atoms with Crippen LogP contribution in [0.15, 0.2) is 10.6 Å². The molecule has 1 aromatic rings. The molecule has 2 aliphatic rings. The smallest absolute Gasteiger partial charge is 0.433 e. The Morgan fingerprint density at radius 3 is 2.26 bits per heavy atom. The summed E-state index contributed by atoms with van der Waals surface area (Å²) >= 11 is 0. The SMILES string of the molecule is CC1(C)OB(c2cnc(N3CCCC3)o2)OC1(C)C. The van der Waals surface area contributed by atoms with Gasteiger partial charge in [-0.05, 0) is 40.5 Å². The van der Waals surface area contributed by atoms with Crippen LogP contribution in [-0.4, -0.2) is 36.4 Å². The minimum atomic E-state index is -0.464. The van der Waals surface area contributed by atoms with E-state index in [9.17, 15) is 0 Å². The molecule has 2 fully saturated rings. The monoisotopic (exact) mass is 264 g/mol. The minimum absolute atomic E-state index is 0.349. The molecule has 2 aliphatic heterocycles. The zero-order chi connectivity index (χ0) is 13.7. The molecule has 5 nitrogen and oxygen atoms in total. The summed E-state index contributed by atoms with van der Waals surface area (Å²) in [7, 11) is -0.464. The van der Waals surface area contributed by atoms with Gasteiger partial charge in [0.25, 0.3) is 6.01 Å². The number of rotatable bonds is 2. The second-order valence-corrected chi connectivity index (χ2v) is 6.33. The van der Waals surface area contributed by atoms with Gasteiger partial charge in [0, 0.05) is 13.1 Å². The van der Waals surface area contributed by atoms with Crippen LogP contribution in [0, 0.1) is 0 Å². The summed E-state index contributed by atoms with van der Waals surface area (Å²) in [5.41, 5.74) is -0.0446. The van der Waals surface area contributed by atoms with Crippen molar-refractivity contribution in [1.29, 1.82) is 0 Å². The van der Waals surface area contributed by atoms with Crippen LogP contribution in [0.25, 0.3) is 0 Å². The second-order valence-electron chi connectivity index (χ2n) is 6.33. The molecule has 3 rings (SSSR count). The van der Waals surface area contributed by atoms with Gasteiger partial charge >= 0.3 is 7.12 Å². The van der Waals surface area contributed by atoms with Gasteiger partial charge in [-0.2, -0.15) is 0 Å². The topological polar surface area (TPSA) is 47.7 Å². The van der Waals surface area contributed by atoms with Crippen LogP contribution in [-0.2, 0) is 9.31 Å². The van der Waals surface area contributed by atoms with E-state index in [0.717, 1.165) is 13.1 Å². The molecule has 0 radical (unpaired) electrons. The zero-order valence-electron chi connectivity index (χ0n) is 12.1. The first kappa shape index (κ1) is 13.0. The van der Waals surface area contributed by atoms with Gasteiger partial charge in [0.1, 0.15) is 0 Å². The molecule has 0 spiro atoms. The Morgan fingerprint density at radius 1 is 1.11 bits per heavy atom. The van der Waals surface area contributed by atoms with Gasteiger partial charge in [0.05, 0.1) is 17.4 Å². The highest BCUT2D eigenvalue weighted by molar-refractivity contribution is 6.60. The van der Waals surface area contributed by atoms with Gasteiger partial charge in [-0.25, -0.2) is 4.98 Å². The van der Waals surface area contributed by atoms with E-state index in [1.54, 1.807) is 6.20 Å². The Hall–Kier alpha value is -1.01. The highest BCUT2D eigenvalue weighted by atomic mass is 16.7. The molecule has 104 valence electrons. The summed E-state index contributed by atoms with van der Waals surface area (Å²) < 4.78 is 17.7. The summed E-state index contributed by atoms with van der Waals surface area (Å²) in [5.74, 6) is 0. The lowest BCUT2D eigenvalue weighted by Crippen LogP contribution is -2.41. The quantitative estimate of drug-likeness (QED) is 0.759. The zero-order valence-corrected chi connectivity index (χ0v) is 12.1. The van der Waals surface area contributed by atoms with E-state index in [-0.39, 0.29) is 11.2 Å². The van der Waals surface area contributed by atoms with Crippen molar-refractivity contribution in [3.05, 3.63) is 6.20 Å². The maximum atomic E-state index is 5.95. The second kappa shape index (κ2) is 4.25. The van der Waals surface area contributed by atoms with Gasteiger partial charge in [0.15, 0.2) is 5.66 Å². The normalized spacial score (nSPS) is 25.3. The molecule has 2 saturated heterocycles. The lowest BCUT2D eigenvalue weighted by Gasteiger charge is -2.32. The molecule has 0 aromatic carbocycles. The summed E-state index contributed by atoms with van der Waals surface area (Å²) in [6, 6.07) is 0.683. The molecule has 0 unspecified atom stereocenters. The van der Waals surface area contributed by atoms with Crippen molar-refractivity contribution < 1.29 is 13.7 Å². The molecule has 0 atom stereocenters. The minimum Gasteiger partial charge on any atom is -0.433 e. The van der Waals surface area contributed by atoms with E-state index in [1.165, 1.54) is 12.8 Å². The summed E-state index contributed by atoms with van der Waals surface area (Å²) in [5, 5.41) is 0. The third kappa shape index (κ3) is 2.17. The highest BCUT2D eigenvalue weighted by Gasteiger charge is 2.53. The number of hydrogen-bond donors (Lipinski definition) is 0. The van der Waals surface area contributed by atoms with Crippen molar-refractivity contribution in [2.45, 2.75) is 51.7 Å². The average Bonchev–Trinajstić information content (AvgIpc) is 3.00. The first-order valence-corrected chi connectivity index (χ1v) is 6.95. The maximum Gasteiger partial charge on any atom is 0.534 e. The lowest BCUT2D eigenvalue weighted by molar-refractivity contribution is 0.00578. The van der Waals surface area contributed by atoms with Gasteiger partial charge in [0.2, 0.25) is 0 Å². The molecule has 0 saturated carbocycles. The molecule has 0 bridgehead atoms. The van der Waals surface area contributed by atoms with Crippen LogP contribution < -0.4 is 10.6 Å². The van der Waals surface area contributed by atoms with E-state index in [4.69, 9.17) is 13.7 Å². The summed E-state index contributed by atoms with van der Waals surface area (Å²) in [6.45, 7) is 10.2. The number of nitrogens with zero attached hydrogens (tertiary/aromatic N) is 2. The van der Waals surface area contributed by atoms with E-state index in [0.29, 0.717) is 11.7 Å². The molecule has 6 heteroatoms. The largest absolute Gasteiger partial charge is 0.534 e. The number of aromatic nitrogens is 1. The fourth-order valence-electron chi connectivity index (χ4n) is 2.40. The third-order valence-corrected chi connectivity index (χ3v) is 4.37. The van der Waals surface area contributed by atoms with Crippen LogP contribution in [0.3, 0.4) is 0 Å². The summed E-state index contributed by atoms with van der Waals surface area (Å²) in [6.07, 6.45) is 4.12. The predicted octanol–water partition coefficient (Wildman–Crippen LogP) is 1.57. The van der Waals surface area contributed by atoms with Crippen LogP contribution in [0.1, 0.15) is 40.5 Å². The molecule has 19 heavy (non-hydrogen) atoms. The fraction of sp³-hybridized carbons (Fsp3) is 0.769. The standard InChI is InChI=1S/C13H21BN2O3/c1-12(2)13(3,4)19-14(18-12)10-9-15-11(17-10)16-7-5-6-8-16/h9H,5-8H2,1-4H3. The van der Waals surface area contributed by atoms with Crippen LogP contribution in [0.5, 0.6) is 0 Å². The first-order valence-electron chi connectivity index (χ1n) is 6.95. The third-order valence-electron chi connectivity index (χ3n) is 4.37. The van der Waals surface area contributed by atoms with Crippen molar-refractivity contribution in [3.8, 4) is 0 Å². The van der Waals surface area contributed by atoms with Crippen LogP contribution >= 0.6 is 0 Å². The fourth-order valence-corrected chi connectivity index (χ4v) is 2.40. The molecule has 3 heterocycles. The Morgan fingerprint density at radius 2 is 1.68 bits per heavy atom. The Bertz CT molecular complexity index is 450. The Labute approximate surface area is 114 Å². The summed E-state index contributed by atoms with van der Waals surface area (Å²) in [4.78, 5) is 6.50. The lowest BCUT2D eigenvalue weighted by atomic mass is 9.87. The Kier molecular flexibility index (Phi) is 2.91. The van der Waals surface area contributed by atoms with Gasteiger partial charge < -0.3 is 18.6 Å². The highest BCUT2D eigenvalue weighted by Crippen LogP contribution is 2.36. The molecule has 1 aromatic heterocycles. The van der Waals surface area contributed by atoms with E-state index >= 15 is 0 Å². The van der Waals surface area contributed by atoms with Crippen molar-refractivity contribution in [2.75, 3.05) is 18.0 Å². The van der Waals surface area contributed by atoms with Crippen molar-refractivity contribution >= 4 is 18.8 Å². The van der Waals surface area contributed by atoms with Crippen LogP contribution in [0.4, 0.5) is 6.01 Å². The number of oxazole rings is 1. The Balaban J connectivity index is 1.77. The first-order chi connectivity index (χ1) is 8.89. The number of anilines is 1. The van der Waals surface area contributed by atoms with Crippen LogP contribution in [0.2, 0.25) is 0 Å². The van der Waals surface area contributed by atoms with E-state index < -0.39 is 7.12 Å². The van der Waals surface area contributed by atoms with E-state index in [1.807, 2.05) is 27.7 Å². The molecule has 0 aliphatic carbocycles. The molecular weight excluding hydrogens is 243 g/mol. The molecule has 0 N–H and O–H groups in total. The van der Waals surface area contributed by atoms with E-state index in [2.05, 4.69) is 9.88 Å². The van der Waals surface area contributed by atoms with Crippen molar-refractivity contribution in [2.24, 2.45) is 0 Å². The van der Waals surface area contributed by atoms with Gasteiger partial charge in [-0.1, -0.05) is 0 Å². The molecule has 0 amide bonds. The van der Waals surface area contributed by atoms with Crippen molar-refractivity contribution in [1.82, 2.24) is 4.98 Å². The average molecular weight is 264 g/mol. The number of hydrogen-bond acceptors (Lipinski definition) is 5. The van der Waals surface area contributed by atoms with Gasteiger partial charge in [-0.15, -0.1) is 0 Å².